The Morgan fingerprint density at radius 2 is 1.78 bits per heavy atom. The average Bonchev–Trinajstić information content (AvgIpc) is 3.51. The Kier molecular flexibility index (Phi) is 6.84. The van der Waals surface area contributed by atoms with Crippen molar-refractivity contribution in [3.05, 3.63) is 71.4 Å². The van der Waals surface area contributed by atoms with Gasteiger partial charge in [0.05, 0.1) is 29.1 Å². The number of nitrogens with zero attached hydrogens (tertiary/aromatic N) is 5. The highest BCUT2D eigenvalue weighted by Crippen LogP contribution is 2.27. The molecule has 1 aliphatic rings. The highest BCUT2D eigenvalue weighted by Gasteiger charge is 2.34. The van der Waals surface area contributed by atoms with Crippen molar-refractivity contribution in [1.82, 2.24) is 19.6 Å². The molecular weight excluding hydrogens is 454 g/mol. The maximum absolute atomic E-state index is 13.5. The van der Waals surface area contributed by atoms with Gasteiger partial charge in [0.2, 0.25) is 0 Å². The molecule has 4 rings (SSSR count). The second-order valence-electron chi connectivity index (χ2n) is 10.1. The van der Waals surface area contributed by atoms with Gasteiger partial charge in [-0.3, -0.25) is 4.79 Å². The van der Waals surface area contributed by atoms with Crippen molar-refractivity contribution in [3.63, 3.8) is 0 Å². The van der Waals surface area contributed by atoms with Crippen molar-refractivity contribution in [2.24, 2.45) is 0 Å². The van der Waals surface area contributed by atoms with E-state index in [0.29, 0.717) is 30.8 Å². The van der Waals surface area contributed by atoms with E-state index in [9.17, 15) is 9.59 Å². The molecule has 36 heavy (non-hydrogen) atoms. The van der Waals surface area contributed by atoms with E-state index < -0.39 is 11.7 Å². The van der Waals surface area contributed by atoms with Gasteiger partial charge in [-0.2, -0.15) is 10.4 Å². The van der Waals surface area contributed by atoms with Gasteiger partial charge in [-0.05, 0) is 64.4 Å². The van der Waals surface area contributed by atoms with Gasteiger partial charge in [0, 0.05) is 25.7 Å². The van der Waals surface area contributed by atoms with Crippen LogP contribution in [0.15, 0.2) is 54.6 Å². The molecule has 1 saturated heterocycles. The van der Waals surface area contributed by atoms with Crippen LogP contribution in [-0.4, -0.2) is 63.4 Å². The van der Waals surface area contributed by atoms with Gasteiger partial charge >= 0.3 is 6.09 Å². The van der Waals surface area contributed by atoms with Gasteiger partial charge in [0.15, 0.2) is 5.69 Å². The first kappa shape index (κ1) is 25.0. The van der Waals surface area contributed by atoms with Gasteiger partial charge in [0.25, 0.3) is 5.91 Å². The smallest absolute Gasteiger partial charge is 0.410 e. The molecule has 186 valence electrons. The molecule has 0 bridgehead atoms. The number of carbonyl (C=O) groups excluding carboxylic acids is 2. The van der Waals surface area contributed by atoms with Crippen LogP contribution in [0.2, 0.25) is 0 Å². The number of likely N-dealkylation sites (N-methyl/N-ethyl adjacent to an activating group) is 1. The van der Waals surface area contributed by atoms with Gasteiger partial charge in [-0.25, -0.2) is 9.48 Å². The number of nitriles is 1. The third-order valence-corrected chi connectivity index (χ3v) is 6.20. The molecule has 8 heteroatoms. The molecule has 0 aliphatic carbocycles. The van der Waals surface area contributed by atoms with Crippen LogP contribution in [0.1, 0.15) is 48.8 Å². The van der Waals surface area contributed by atoms with Crippen LogP contribution in [0.3, 0.4) is 0 Å². The predicted octanol–water partition coefficient (Wildman–Crippen LogP) is 4.80. The third-order valence-electron chi connectivity index (χ3n) is 6.20. The average molecular weight is 486 g/mol. The van der Waals surface area contributed by atoms with Crippen LogP contribution in [0.25, 0.3) is 16.9 Å². The molecule has 0 unspecified atom stereocenters. The minimum atomic E-state index is -0.579. The molecule has 2 aromatic carbocycles. The van der Waals surface area contributed by atoms with Crippen molar-refractivity contribution in [1.29, 1.82) is 5.26 Å². The van der Waals surface area contributed by atoms with Gasteiger partial charge in [-0.15, -0.1) is 0 Å². The van der Waals surface area contributed by atoms with E-state index in [4.69, 9.17) is 10.00 Å². The lowest BCUT2D eigenvalue weighted by molar-refractivity contribution is 0.0226. The molecule has 0 saturated carbocycles. The highest BCUT2D eigenvalue weighted by atomic mass is 16.6. The lowest BCUT2D eigenvalue weighted by Crippen LogP contribution is -2.42. The lowest BCUT2D eigenvalue weighted by Gasteiger charge is -2.28. The van der Waals surface area contributed by atoms with E-state index in [0.717, 1.165) is 22.5 Å². The number of carbonyl (C=O) groups is 2. The first-order valence-corrected chi connectivity index (χ1v) is 12.0. The summed E-state index contributed by atoms with van der Waals surface area (Å²) in [5.74, 6) is -0.184. The third kappa shape index (κ3) is 5.41. The first-order valence-electron chi connectivity index (χ1n) is 12.0. The Morgan fingerprint density at radius 3 is 2.39 bits per heavy atom. The summed E-state index contributed by atoms with van der Waals surface area (Å²) in [6, 6.07) is 18.9. The van der Waals surface area contributed by atoms with Gasteiger partial charge < -0.3 is 14.5 Å². The fourth-order valence-electron chi connectivity index (χ4n) is 4.18. The maximum atomic E-state index is 13.5. The normalized spacial score (nSPS) is 15.4. The summed E-state index contributed by atoms with van der Waals surface area (Å²) in [7, 11) is 1.71. The number of benzene rings is 2. The van der Waals surface area contributed by atoms with Gasteiger partial charge in [0.1, 0.15) is 5.60 Å². The summed E-state index contributed by atoms with van der Waals surface area (Å²) >= 11 is 0. The summed E-state index contributed by atoms with van der Waals surface area (Å²) in [6.45, 7) is 8.46. The number of aryl methyl sites for hydroxylation is 1. The predicted molar refractivity (Wildman–Crippen MR) is 137 cm³/mol. The van der Waals surface area contributed by atoms with Crippen LogP contribution in [0.5, 0.6) is 0 Å². The Labute approximate surface area is 211 Å². The van der Waals surface area contributed by atoms with E-state index in [-0.39, 0.29) is 11.9 Å². The summed E-state index contributed by atoms with van der Waals surface area (Å²) in [5.41, 5.74) is 3.88. The Bertz CT molecular complexity index is 1300. The quantitative estimate of drug-likeness (QED) is 0.529. The maximum Gasteiger partial charge on any atom is 0.410 e. The number of amides is 2. The Hall–Kier alpha value is -4.12. The SMILES string of the molecule is Cc1ccc(-n2nc(C(=O)N3CC[C@H](N(C)C(=O)OC(C)(C)C)C3)cc2-c2ccc(C#N)cc2)cc1. The zero-order valence-corrected chi connectivity index (χ0v) is 21.4. The topological polar surface area (TPSA) is 91.5 Å². The van der Waals surface area contributed by atoms with Crippen LogP contribution < -0.4 is 0 Å². The van der Waals surface area contributed by atoms with E-state index >= 15 is 0 Å². The van der Waals surface area contributed by atoms with Crippen molar-refractivity contribution < 1.29 is 14.3 Å². The highest BCUT2D eigenvalue weighted by molar-refractivity contribution is 5.94. The fraction of sp³-hybridized carbons (Fsp3) is 0.357. The molecule has 0 radical (unpaired) electrons. The minimum Gasteiger partial charge on any atom is -0.444 e. The number of hydrogen-bond donors (Lipinski definition) is 0. The molecule has 2 heterocycles. The zero-order chi connectivity index (χ0) is 26.0. The van der Waals surface area contributed by atoms with E-state index in [1.54, 1.807) is 39.7 Å². The van der Waals surface area contributed by atoms with Gasteiger partial charge in [-0.1, -0.05) is 29.8 Å². The van der Waals surface area contributed by atoms with E-state index in [1.807, 2.05) is 64.1 Å². The monoisotopic (exact) mass is 485 g/mol. The number of aromatic nitrogens is 2. The summed E-state index contributed by atoms with van der Waals surface area (Å²) in [4.78, 5) is 29.3. The van der Waals surface area contributed by atoms with Crippen LogP contribution in [-0.2, 0) is 4.74 Å². The molecule has 1 aromatic heterocycles. The number of rotatable bonds is 4. The molecule has 0 spiro atoms. The second kappa shape index (κ2) is 9.86. The van der Waals surface area contributed by atoms with Crippen LogP contribution in [0.4, 0.5) is 4.79 Å². The molecule has 0 N–H and O–H groups in total. The molecule has 1 fully saturated rings. The molecule has 8 nitrogen and oxygen atoms in total. The zero-order valence-electron chi connectivity index (χ0n) is 21.4. The molecule has 2 amide bonds. The van der Waals surface area contributed by atoms with Crippen molar-refractivity contribution in [2.45, 2.75) is 45.8 Å². The summed E-state index contributed by atoms with van der Waals surface area (Å²) in [6.07, 6.45) is 0.274. The molecule has 3 aromatic rings. The molecular formula is C28H31N5O3. The van der Waals surface area contributed by atoms with Crippen LogP contribution >= 0.6 is 0 Å². The van der Waals surface area contributed by atoms with Crippen molar-refractivity contribution >= 4 is 12.0 Å². The van der Waals surface area contributed by atoms with Crippen molar-refractivity contribution in [2.75, 3.05) is 20.1 Å². The Morgan fingerprint density at radius 1 is 1.11 bits per heavy atom. The Balaban J connectivity index is 1.60. The second-order valence-corrected chi connectivity index (χ2v) is 10.1. The van der Waals surface area contributed by atoms with Crippen LogP contribution in [0, 0.1) is 18.3 Å². The number of ether oxygens (including phenoxy) is 1. The van der Waals surface area contributed by atoms with E-state index in [2.05, 4.69) is 11.2 Å². The standard InChI is InChI=1S/C28H31N5O3/c1-19-6-12-22(13-7-19)33-25(21-10-8-20(17-29)9-11-21)16-24(30-33)26(34)32-15-14-23(18-32)31(5)27(35)36-28(2,3)4/h6-13,16,23H,14-15,18H2,1-5H3/t23-/m0/s1. The lowest BCUT2D eigenvalue weighted by atomic mass is 10.1. The first-order chi connectivity index (χ1) is 17.1. The summed E-state index contributed by atoms with van der Waals surface area (Å²) < 4.78 is 7.24. The number of hydrogen-bond acceptors (Lipinski definition) is 5. The van der Waals surface area contributed by atoms with E-state index in [1.165, 1.54) is 0 Å². The fourth-order valence-corrected chi connectivity index (χ4v) is 4.18. The van der Waals surface area contributed by atoms with Crippen molar-refractivity contribution in [3.8, 4) is 23.0 Å². The minimum absolute atomic E-state index is 0.124. The largest absolute Gasteiger partial charge is 0.444 e. The summed E-state index contributed by atoms with van der Waals surface area (Å²) in [5, 5.41) is 13.8. The molecule has 1 aliphatic heterocycles. The molecule has 1 atom stereocenters. The number of likely N-dealkylation sites (tertiary alicyclic amines) is 1.